The summed E-state index contributed by atoms with van der Waals surface area (Å²) in [6.07, 6.45) is 0. The van der Waals surface area contributed by atoms with Crippen molar-refractivity contribution in [2.75, 3.05) is 23.0 Å². The second-order valence-corrected chi connectivity index (χ2v) is 6.53. The first-order chi connectivity index (χ1) is 10.0. The van der Waals surface area contributed by atoms with Crippen molar-refractivity contribution in [1.82, 2.24) is 0 Å². The molecule has 0 spiro atoms. The van der Waals surface area contributed by atoms with Gasteiger partial charge in [0.1, 0.15) is 5.75 Å². The highest BCUT2D eigenvalue weighted by Crippen LogP contribution is 2.37. The first-order valence-electron chi connectivity index (χ1n) is 6.41. The number of carbonyl (C=O) groups excluding carboxylic acids is 1. The van der Waals surface area contributed by atoms with Gasteiger partial charge in [-0.15, -0.1) is 11.3 Å². The molecule has 1 aliphatic heterocycles. The number of nitrogens with one attached hydrogen (secondary N) is 2. The van der Waals surface area contributed by atoms with E-state index in [4.69, 9.17) is 22.1 Å². The van der Waals surface area contributed by atoms with Crippen LogP contribution in [0, 0.1) is 0 Å². The van der Waals surface area contributed by atoms with Gasteiger partial charge in [0, 0.05) is 10.9 Å². The molecule has 0 fully saturated rings. The summed E-state index contributed by atoms with van der Waals surface area (Å²) in [4.78, 5) is 12.5. The summed E-state index contributed by atoms with van der Waals surface area (Å²) in [6.45, 7) is 2.04. The Morgan fingerprint density at radius 2 is 2.29 bits per heavy atom. The van der Waals surface area contributed by atoms with Crippen LogP contribution >= 0.6 is 22.9 Å². The predicted molar refractivity (Wildman–Crippen MR) is 86.3 cm³/mol. The number of fused-ring (bicyclic) bond motifs is 1. The molecule has 7 heteroatoms. The normalized spacial score (nSPS) is 14.9. The SMILES string of the molecule is CC(Nc1cc2c(cc1N)OCC(=O)N2)c1ccc(Cl)s1. The molecule has 21 heavy (non-hydrogen) atoms. The van der Waals surface area contributed by atoms with Gasteiger partial charge in [-0.3, -0.25) is 4.79 Å². The van der Waals surface area contributed by atoms with Gasteiger partial charge in [0.25, 0.3) is 5.91 Å². The molecule has 3 rings (SSSR count). The van der Waals surface area contributed by atoms with Gasteiger partial charge in [-0.2, -0.15) is 0 Å². The zero-order chi connectivity index (χ0) is 15.0. The summed E-state index contributed by atoms with van der Waals surface area (Å²) in [5.41, 5.74) is 7.97. The Hall–Kier alpha value is -1.92. The third-order valence-corrected chi connectivity index (χ3v) is 4.59. The standard InChI is InChI=1S/C14H14ClN3O2S/c1-7(12-2-3-13(15)21-12)17-9-5-10-11(4-8(9)16)20-6-14(19)18-10/h2-5,7,17H,6,16H2,1H3,(H,18,19). The van der Waals surface area contributed by atoms with Gasteiger partial charge in [-0.1, -0.05) is 11.6 Å². The van der Waals surface area contributed by atoms with Crippen molar-refractivity contribution >= 4 is 45.9 Å². The zero-order valence-corrected chi connectivity index (χ0v) is 12.8. The minimum absolute atomic E-state index is 0.0172. The van der Waals surface area contributed by atoms with Crippen LogP contribution < -0.4 is 21.1 Å². The number of nitrogens with two attached hydrogens (primary N) is 1. The molecule has 0 saturated carbocycles. The topological polar surface area (TPSA) is 76.4 Å². The number of hydrogen-bond acceptors (Lipinski definition) is 5. The van der Waals surface area contributed by atoms with Crippen LogP contribution in [0.15, 0.2) is 24.3 Å². The number of rotatable bonds is 3. The van der Waals surface area contributed by atoms with E-state index in [1.165, 1.54) is 11.3 Å². The third-order valence-electron chi connectivity index (χ3n) is 3.18. The molecular formula is C14H14ClN3O2S. The summed E-state index contributed by atoms with van der Waals surface area (Å²) < 4.78 is 6.08. The number of benzene rings is 1. The summed E-state index contributed by atoms with van der Waals surface area (Å²) in [6, 6.07) is 7.40. The minimum Gasteiger partial charge on any atom is -0.482 e. The van der Waals surface area contributed by atoms with E-state index >= 15 is 0 Å². The quantitative estimate of drug-likeness (QED) is 0.756. The Morgan fingerprint density at radius 3 is 3.00 bits per heavy atom. The molecule has 1 amide bonds. The fourth-order valence-electron chi connectivity index (χ4n) is 2.13. The third kappa shape index (κ3) is 2.91. The van der Waals surface area contributed by atoms with E-state index in [0.717, 1.165) is 14.9 Å². The lowest BCUT2D eigenvalue weighted by Crippen LogP contribution is -2.25. The Bertz CT molecular complexity index is 702. The van der Waals surface area contributed by atoms with E-state index in [1.54, 1.807) is 12.1 Å². The van der Waals surface area contributed by atoms with Crippen LogP contribution in [0.3, 0.4) is 0 Å². The highest BCUT2D eigenvalue weighted by atomic mass is 35.5. The molecule has 2 heterocycles. The second-order valence-electron chi connectivity index (χ2n) is 4.78. The predicted octanol–water partition coefficient (Wildman–Crippen LogP) is 3.49. The van der Waals surface area contributed by atoms with Crippen LogP contribution in [0.5, 0.6) is 5.75 Å². The van der Waals surface area contributed by atoms with Gasteiger partial charge < -0.3 is 21.1 Å². The van der Waals surface area contributed by atoms with E-state index < -0.39 is 0 Å². The molecule has 0 radical (unpaired) electrons. The average Bonchev–Trinajstić information content (AvgIpc) is 2.87. The molecule has 1 aromatic carbocycles. The summed E-state index contributed by atoms with van der Waals surface area (Å²) >= 11 is 7.47. The fraction of sp³-hybridized carbons (Fsp3) is 0.214. The Kier molecular flexibility index (Phi) is 3.65. The van der Waals surface area contributed by atoms with Crippen LogP contribution in [0.2, 0.25) is 4.34 Å². The van der Waals surface area contributed by atoms with Gasteiger partial charge >= 0.3 is 0 Å². The Labute approximate surface area is 131 Å². The maximum Gasteiger partial charge on any atom is 0.262 e. The number of anilines is 3. The molecule has 0 saturated heterocycles. The number of thiophene rings is 1. The van der Waals surface area contributed by atoms with Crippen molar-refractivity contribution in [1.29, 1.82) is 0 Å². The molecule has 0 bridgehead atoms. The van der Waals surface area contributed by atoms with Crippen molar-refractivity contribution in [3.63, 3.8) is 0 Å². The number of amides is 1. The lowest BCUT2D eigenvalue weighted by molar-refractivity contribution is -0.118. The van der Waals surface area contributed by atoms with Gasteiger partial charge in [-0.25, -0.2) is 0 Å². The average molecular weight is 324 g/mol. The van der Waals surface area contributed by atoms with Crippen LogP contribution in [-0.2, 0) is 4.79 Å². The fourth-order valence-corrected chi connectivity index (χ4v) is 3.20. The number of ether oxygens (including phenoxy) is 1. The van der Waals surface area contributed by atoms with Gasteiger partial charge in [0.05, 0.1) is 27.4 Å². The molecule has 1 aliphatic rings. The summed E-state index contributed by atoms with van der Waals surface area (Å²) in [7, 11) is 0. The largest absolute Gasteiger partial charge is 0.482 e. The van der Waals surface area contributed by atoms with Crippen molar-refractivity contribution < 1.29 is 9.53 Å². The van der Waals surface area contributed by atoms with Gasteiger partial charge in [0.2, 0.25) is 0 Å². The van der Waals surface area contributed by atoms with Crippen LogP contribution in [0.25, 0.3) is 0 Å². The number of hydrogen-bond donors (Lipinski definition) is 3. The lowest BCUT2D eigenvalue weighted by Gasteiger charge is -2.22. The first-order valence-corrected chi connectivity index (χ1v) is 7.60. The molecule has 1 aromatic heterocycles. The highest BCUT2D eigenvalue weighted by molar-refractivity contribution is 7.16. The second kappa shape index (κ2) is 5.46. The van der Waals surface area contributed by atoms with Crippen LogP contribution in [-0.4, -0.2) is 12.5 Å². The van der Waals surface area contributed by atoms with Gasteiger partial charge in [-0.05, 0) is 25.1 Å². The van der Waals surface area contributed by atoms with E-state index in [0.29, 0.717) is 17.1 Å². The number of nitrogen functional groups attached to an aromatic ring is 1. The molecule has 0 aliphatic carbocycles. The highest BCUT2D eigenvalue weighted by Gasteiger charge is 2.19. The molecule has 4 N–H and O–H groups in total. The van der Waals surface area contributed by atoms with E-state index in [1.807, 2.05) is 19.1 Å². The van der Waals surface area contributed by atoms with E-state index in [-0.39, 0.29) is 18.6 Å². The number of carbonyl (C=O) groups is 1. The Balaban J connectivity index is 1.85. The number of halogens is 1. The van der Waals surface area contributed by atoms with E-state index in [9.17, 15) is 4.79 Å². The maximum atomic E-state index is 11.4. The molecular weight excluding hydrogens is 310 g/mol. The van der Waals surface area contributed by atoms with E-state index in [2.05, 4.69) is 10.6 Å². The lowest BCUT2D eigenvalue weighted by atomic mass is 10.1. The van der Waals surface area contributed by atoms with Gasteiger partial charge in [0.15, 0.2) is 6.61 Å². The molecule has 2 aromatic rings. The van der Waals surface area contributed by atoms with Crippen molar-refractivity contribution in [3.8, 4) is 5.75 Å². The Morgan fingerprint density at radius 1 is 1.48 bits per heavy atom. The molecule has 1 unspecified atom stereocenters. The summed E-state index contributed by atoms with van der Waals surface area (Å²) in [5.74, 6) is 0.417. The molecule has 5 nitrogen and oxygen atoms in total. The van der Waals surface area contributed by atoms with Crippen molar-refractivity contribution in [2.24, 2.45) is 0 Å². The van der Waals surface area contributed by atoms with Crippen LogP contribution in [0.1, 0.15) is 17.8 Å². The van der Waals surface area contributed by atoms with Crippen molar-refractivity contribution in [3.05, 3.63) is 33.5 Å². The summed E-state index contributed by atoms with van der Waals surface area (Å²) in [5, 5.41) is 6.09. The van der Waals surface area contributed by atoms with Crippen molar-refractivity contribution in [2.45, 2.75) is 13.0 Å². The minimum atomic E-state index is -0.170. The zero-order valence-electron chi connectivity index (χ0n) is 11.3. The van der Waals surface area contributed by atoms with Crippen LogP contribution in [0.4, 0.5) is 17.1 Å². The maximum absolute atomic E-state index is 11.4. The monoisotopic (exact) mass is 323 g/mol. The smallest absolute Gasteiger partial charge is 0.262 e. The first kappa shape index (κ1) is 14.0. The molecule has 1 atom stereocenters. The molecule has 110 valence electrons.